The molecule has 0 unspecified atom stereocenters. The number of aliphatic imine (C=N–C) groups is 1. The quantitative estimate of drug-likeness (QED) is 0.366. The van der Waals surface area contributed by atoms with Crippen LogP contribution in [-0.2, 0) is 0 Å². The van der Waals surface area contributed by atoms with E-state index >= 15 is 0 Å². The lowest BCUT2D eigenvalue weighted by atomic mass is 10.6. The highest BCUT2D eigenvalue weighted by Gasteiger charge is 2.27. The van der Waals surface area contributed by atoms with E-state index in [9.17, 15) is 0 Å². The van der Waals surface area contributed by atoms with Gasteiger partial charge in [0.1, 0.15) is 6.54 Å². The Morgan fingerprint density at radius 3 is 2.83 bits per heavy atom. The zero-order chi connectivity index (χ0) is 8.97. The van der Waals surface area contributed by atoms with Gasteiger partial charge in [-0.2, -0.15) is 0 Å². The van der Waals surface area contributed by atoms with E-state index in [1.165, 1.54) is 12.8 Å². The van der Waals surface area contributed by atoms with E-state index < -0.39 is 0 Å². The molecule has 1 saturated carbocycles. The predicted molar refractivity (Wildman–Crippen MR) is 50.7 cm³/mol. The average Bonchev–Trinajstić information content (AvgIpc) is 2.86. The maximum absolute atomic E-state index is 5.71. The summed E-state index contributed by atoms with van der Waals surface area (Å²) in [7, 11) is 1.98. The van der Waals surface area contributed by atoms with Crippen molar-refractivity contribution in [2.45, 2.75) is 25.8 Å². The van der Waals surface area contributed by atoms with Crippen molar-refractivity contribution in [2.75, 3.05) is 13.6 Å². The molecule has 0 aromatic carbocycles. The summed E-state index contributed by atoms with van der Waals surface area (Å²) in [6, 6.07) is 0.628. The first-order valence-corrected chi connectivity index (χ1v) is 4.18. The van der Waals surface area contributed by atoms with E-state index in [0.717, 1.165) is 0 Å². The Bertz CT molecular complexity index is 230. The fourth-order valence-electron chi connectivity index (χ4n) is 0.960. The first-order chi connectivity index (χ1) is 5.75. The van der Waals surface area contributed by atoms with Crippen molar-refractivity contribution >= 4 is 5.96 Å². The Morgan fingerprint density at radius 1 is 1.67 bits per heavy atom. The highest BCUT2D eigenvalue weighted by Crippen LogP contribution is 2.24. The molecule has 0 spiro atoms. The van der Waals surface area contributed by atoms with Gasteiger partial charge in [-0.05, 0) is 19.8 Å². The Balaban J connectivity index is 2.36. The lowest BCUT2D eigenvalue weighted by Gasteiger charge is -2.16. The van der Waals surface area contributed by atoms with Gasteiger partial charge in [0.2, 0.25) is 0 Å². The third kappa shape index (κ3) is 2.46. The molecule has 66 valence electrons. The zero-order valence-electron chi connectivity index (χ0n) is 7.67. The molecule has 1 aliphatic carbocycles. The van der Waals surface area contributed by atoms with Crippen LogP contribution in [0.1, 0.15) is 19.8 Å². The van der Waals surface area contributed by atoms with Crippen molar-refractivity contribution in [1.82, 2.24) is 4.90 Å². The minimum absolute atomic E-state index is 0.513. The molecule has 0 aromatic rings. The molecule has 0 saturated heterocycles. The van der Waals surface area contributed by atoms with Crippen molar-refractivity contribution in [3.8, 4) is 11.8 Å². The summed E-state index contributed by atoms with van der Waals surface area (Å²) in [5.41, 5.74) is 5.71. The summed E-state index contributed by atoms with van der Waals surface area (Å²) in [4.78, 5) is 6.15. The maximum atomic E-state index is 5.71. The lowest BCUT2D eigenvalue weighted by Crippen LogP contribution is -2.35. The van der Waals surface area contributed by atoms with Crippen LogP contribution < -0.4 is 5.73 Å². The van der Waals surface area contributed by atoms with Crippen molar-refractivity contribution in [1.29, 1.82) is 0 Å². The van der Waals surface area contributed by atoms with Crippen molar-refractivity contribution in [3.63, 3.8) is 0 Å². The Hall–Kier alpha value is -1.17. The van der Waals surface area contributed by atoms with Gasteiger partial charge in [0, 0.05) is 13.1 Å². The van der Waals surface area contributed by atoms with Crippen LogP contribution in [0.3, 0.4) is 0 Å². The third-order valence-corrected chi connectivity index (χ3v) is 1.95. The normalized spacial score (nSPS) is 16.7. The summed E-state index contributed by atoms with van der Waals surface area (Å²) in [6.07, 6.45) is 2.48. The SMILES string of the molecule is CC#CCN=C(N)N(C)C1CC1. The standard InChI is InChI=1S/C9H15N3/c1-3-4-7-11-9(10)12(2)8-5-6-8/h8H,5-7H2,1-2H3,(H2,10,11). The van der Waals surface area contributed by atoms with Crippen LogP contribution in [0.25, 0.3) is 0 Å². The van der Waals surface area contributed by atoms with Gasteiger partial charge in [-0.3, -0.25) is 0 Å². The van der Waals surface area contributed by atoms with Crippen molar-refractivity contribution in [3.05, 3.63) is 0 Å². The molecule has 0 atom stereocenters. The number of nitrogens with zero attached hydrogens (tertiary/aromatic N) is 2. The number of hydrogen-bond acceptors (Lipinski definition) is 1. The first kappa shape index (κ1) is 8.92. The number of hydrogen-bond donors (Lipinski definition) is 1. The van der Waals surface area contributed by atoms with Gasteiger partial charge in [0.25, 0.3) is 0 Å². The molecule has 0 bridgehead atoms. The first-order valence-electron chi connectivity index (χ1n) is 4.18. The second-order valence-electron chi connectivity index (χ2n) is 2.94. The predicted octanol–water partition coefficient (Wildman–Crippen LogP) is 0.419. The van der Waals surface area contributed by atoms with Crippen LogP contribution in [-0.4, -0.2) is 30.5 Å². The summed E-state index contributed by atoms with van der Waals surface area (Å²) in [5.74, 6) is 6.24. The molecule has 0 aliphatic heterocycles. The van der Waals surface area contributed by atoms with Crippen molar-refractivity contribution < 1.29 is 0 Å². The van der Waals surface area contributed by atoms with Gasteiger partial charge >= 0.3 is 0 Å². The van der Waals surface area contributed by atoms with Crippen LogP contribution in [0.2, 0.25) is 0 Å². The largest absolute Gasteiger partial charge is 0.370 e. The Morgan fingerprint density at radius 2 is 2.33 bits per heavy atom. The van der Waals surface area contributed by atoms with Crippen LogP contribution >= 0.6 is 0 Å². The highest BCUT2D eigenvalue weighted by atomic mass is 15.3. The molecular formula is C9H15N3. The van der Waals surface area contributed by atoms with Crippen LogP contribution in [0.5, 0.6) is 0 Å². The molecule has 0 aromatic heterocycles. The molecule has 2 N–H and O–H groups in total. The van der Waals surface area contributed by atoms with Crippen LogP contribution in [0.15, 0.2) is 4.99 Å². The average molecular weight is 165 g/mol. The number of guanidine groups is 1. The number of rotatable bonds is 2. The fourth-order valence-corrected chi connectivity index (χ4v) is 0.960. The fraction of sp³-hybridized carbons (Fsp3) is 0.667. The second-order valence-corrected chi connectivity index (χ2v) is 2.94. The molecule has 1 fully saturated rings. The van der Waals surface area contributed by atoms with E-state index in [2.05, 4.69) is 16.8 Å². The molecule has 0 radical (unpaired) electrons. The lowest BCUT2D eigenvalue weighted by molar-refractivity contribution is 0.488. The second kappa shape index (κ2) is 4.01. The third-order valence-electron chi connectivity index (χ3n) is 1.95. The molecule has 0 heterocycles. The number of nitrogens with two attached hydrogens (primary N) is 1. The van der Waals surface area contributed by atoms with Gasteiger partial charge in [0.15, 0.2) is 5.96 Å². The van der Waals surface area contributed by atoms with E-state index in [1.54, 1.807) is 6.92 Å². The Kier molecular flexibility index (Phi) is 2.98. The van der Waals surface area contributed by atoms with E-state index in [0.29, 0.717) is 18.5 Å². The molecule has 1 aliphatic rings. The summed E-state index contributed by atoms with van der Waals surface area (Å²) >= 11 is 0. The van der Waals surface area contributed by atoms with E-state index in [4.69, 9.17) is 5.73 Å². The van der Waals surface area contributed by atoms with Gasteiger partial charge in [-0.1, -0.05) is 5.92 Å². The smallest absolute Gasteiger partial charge is 0.192 e. The van der Waals surface area contributed by atoms with Gasteiger partial charge < -0.3 is 10.6 Å². The van der Waals surface area contributed by atoms with E-state index in [-0.39, 0.29) is 0 Å². The van der Waals surface area contributed by atoms with Crippen molar-refractivity contribution in [2.24, 2.45) is 10.7 Å². The van der Waals surface area contributed by atoms with Crippen LogP contribution in [0, 0.1) is 11.8 Å². The topological polar surface area (TPSA) is 41.6 Å². The summed E-state index contributed by atoms with van der Waals surface area (Å²) in [5, 5.41) is 0. The molecular weight excluding hydrogens is 150 g/mol. The summed E-state index contributed by atoms with van der Waals surface area (Å²) in [6.45, 7) is 2.32. The van der Waals surface area contributed by atoms with E-state index in [1.807, 2.05) is 11.9 Å². The monoisotopic (exact) mass is 165 g/mol. The molecule has 12 heavy (non-hydrogen) atoms. The highest BCUT2D eigenvalue weighted by molar-refractivity contribution is 5.78. The molecule has 3 heteroatoms. The van der Waals surface area contributed by atoms with Gasteiger partial charge in [-0.25, -0.2) is 4.99 Å². The van der Waals surface area contributed by atoms with Gasteiger partial charge in [0.05, 0.1) is 0 Å². The maximum Gasteiger partial charge on any atom is 0.192 e. The van der Waals surface area contributed by atoms with Gasteiger partial charge in [-0.15, -0.1) is 5.92 Å². The minimum atomic E-state index is 0.513. The van der Waals surface area contributed by atoms with Crippen LogP contribution in [0.4, 0.5) is 0 Å². The summed E-state index contributed by atoms with van der Waals surface area (Å²) < 4.78 is 0. The zero-order valence-corrected chi connectivity index (χ0v) is 7.67. The molecule has 1 rings (SSSR count). The Labute approximate surface area is 73.6 Å². The molecule has 3 nitrogen and oxygen atoms in total. The minimum Gasteiger partial charge on any atom is -0.370 e. The molecule has 0 amide bonds.